The number of anilines is 2. The Labute approximate surface area is 124 Å². The van der Waals surface area contributed by atoms with Crippen LogP contribution < -0.4 is 14.4 Å². The van der Waals surface area contributed by atoms with Crippen LogP contribution in [0.25, 0.3) is 0 Å². The maximum absolute atomic E-state index is 12.2. The number of nitrogens with one attached hydrogen (secondary N) is 1. The lowest BCUT2D eigenvalue weighted by molar-refractivity contribution is 0.414. The average Bonchev–Trinajstić information content (AvgIpc) is 2.47. The number of sulfonamides is 1. The molecule has 0 fully saturated rings. The van der Waals surface area contributed by atoms with Gasteiger partial charge < -0.3 is 9.64 Å². The molecule has 1 aromatic heterocycles. The number of methoxy groups -OCH3 is 1. The second-order valence-electron chi connectivity index (χ2n) is 4.58. The van der Waals surface area contributed by atoms with E-state index in [-0.39, 0.29) is 4.90 Å². The molecule has 0 amide bonds. The number of pyridine rings is 1. The van der Waals surface area contributed by atoms with Gasteiger partial charge in [0.15, 0.2) is 0 Å². The number of hydrogen-bond acceptors (Lipinski definition) is 5. The summed E-state index contributed by atoms with van der Waals surface area (Å²) >= 11 is 0. The fourth-order valence-corrected chi connectivity index (χ4v) is 2.72. The molecule has 0 saturated heterocycles. The highest BCUT2D eigenvalue weighted by molar-refractivity contribution is 7.92. The van der Waals surface area contributed by atoms with E-state index >= 15 is 0 Å². The van der Waals surface area contributed by atoms with Gasteiger partial charge in [-0.15, -0.1) is 0 Å². The van der Waals surface area contributed by atoms with Crippen molar-refractivity contribution in [2.45, 2.75) is 4.90 Å². The van der Waals surface area contributed by atoms with Crippen molar-refractivity contribution in [1.82, 2.24) is 4.98 Å². The zero-order chi connectivity index (χ0) is 15.5. The molecular weight excluding hydrogens is 290 g/mol. The van der Waals surface area contributed by atoms with Gasteiger partial charge in [-0.1, -0.05) is 0 Å². The predicted molar refractivity (Wildman–Crippen MR) is 82.4 cm³/mol. The maximum Gasteiger partial charge on any atom is 0.261 e. The van der Waals surface area contributed by atoms with E-state index < -0.39 is 10.0 Å². The molecule has 1 N–H and O–H groups in total. The molecular formula is C14H17N3O3S. The molecule has 0 radical (unpaired) electrons. The Morgan fingerprint density at radius 2 is 1.76 bits per heavy atom. The van der Waals surface area contributed by atoms with Gasteiger partial charge in [0.05, 0.1) is 23.9 Å². The van der Waals surface area contributed by atoms with E-state index in [1.165, 1.54) is 25.4 Å². The van der Waals surface area contributed by atoms with Crippen LogP contribution in [0, 0.1) is 0 Å². The van der Waals surface area contributed by atoms with Crippen LogP contribution in [0.2, 0.25) is 0 Å². The summed E-state index contributed by atoms with van der Waals surface area (Å²) in [6.07, 6.45) is 1.48. The minimum absolute atomic E-state index is 0.167. The largest absolute Gasteiger partial charge is 0.497 e. The Morgan fingerprint density at radius 3 is 2.24 bits per heavy atom. The number of nitrogens with zero attached hydrogens (tertiary/aromatic N) is 2. The van der Waals surface area contributed by atoms with Gasteiger partial charge in [0, 0.05) is 14.1 Å². The molecule has 1 heterocycles. The Kier molecular flexibility index (Phi) is 4.32. The van der Waals surface area contributed by atoms with Crippen LogP contribution in [-0.2, 0) is 10.0 Å². The zero-order valence-electron chi connectivity index (χ0n) is 12.1. The molecule has 0 aliphatic carbocycles. The van der Waals surface area contributed by atoms with E-state index in [4.69, 9.17) is 4.74 Å². The van der Waals surface area contributed by atoms with Gasteiger partial charge in [-0.05, 0) is 36.4 Å². The quantitative estimate of drug-likeness (QED) is 0.914. The fourth-order valence-electron chi connectivity index (χ4n) is 1.68. The normalized spacial score (nSPS) is 11.0. The van der Waals surface area contributed by atoms with E-state index in [0.29, 0.717) is 11.4 Å². The molecule has 0 aliphatic rings. The van der Waals surface area contributed by atoms with Gasteiger partial charge >= 0.3 is 0 Å². The van der Waals surface area contributed by atoms with Gasteiger partial charge in [0.2, 0.25) is 0 Å². The topological polar surface area (TPSA) is 71.5 Å². The van der Waals surface area contributed by atoms with Crippen molar-refractivity contribution >= 4 is 21.5 Å². The van der Waals surface area contributed by atoms with Crippen molar-refractivity contribution in [2.75, 3.05) is 30.8 Å². The lowest BCUT2D eigenvalue weighted by Crippen LogP contribution is -2.14. The summed E-state index contributed by atoms with van der Waals surface area (Å²) in [6.45, 7) is 0. The van der Waals surface area contributed by atoms with Crippen LogP contribution in [-0.4, -0.2) is 34.6 Å². The Balaban J connectivity index is 2.19. The van der Waals surface area contributed by atoms with Crippen LogP contribution in [0.5, 0.6) is 5.75 Å². The number of hydrogen-bond donors (Lipinski definition) is 1. The Hall–Kier alpha value is -2.28. The van der Waals surface area contributed by atoms with Crippen LogP contribution in [0.3, 0.4) is 0 Å². The molecule has 0 spiro atoms. The van der Waals surface area contributed by atoms with Gasteiger partial charge in [-0.2, -0.15) is 0 Å². The predicted octanol–water partition coefficient (Wildman–Crippen LogP) is 1.96. The highest BCUT2D eigenvalue weighted by Crippen LogP contribution is 2.19. The number of benzene rings is 1. The molecule has 0 atom stereocenters. The number of ether oxygens (including phenoxy) is 1. The molecule has 0 bridgehead atoms. The molecule has 1 aromatic carbocycles. The van der Waals surface area contributed by atoms with E-state index in [1.807, 2.05) is 19.0 Å². The van der Waals surface area contributed by atoms with Crippen LogP contribution in [0.1, 0.15) is 0 Å². The SMILES string of the molecule is COc1ccc(S(=O)(=O)Nc2ccc(N(C)C)nc2)cc1. The highest BCUT2D eigenvalue weighted by atomic mass is 32.2. The first-order valence-electron chi connectivity index (χ1n) is 6.22. The minimum Gasteiger partial charge on any atom is -0.497 e. The first kappa shape index (κ1) is 15.1. The molecule has 0 aliphatic heterocycles. The van der Waals surface area contributed by atoms with E-state index in [0.717, 1.165) is 5.82 Å². The second kappa shape index (κ2) is 6.01. The van der Waals surface area contributed by atoms with Crippen molar-refractivity contribution in [3.05, 3.63) is 42.6 Å². The van der Waals surface area contributed by atoms with Gasteiger partial charge in [-0.25, -0.2) is 13.4 Å². The molecule has 6 nitrogen and oxygen atoms in total. The summed E-state index contributed by atoms with van der Waals surface area (Å²) in [5.74, 6) is 1.35. The standard InChI is InChI=1S/C14H17N3O3S/c1-17(2)14-9-4-11(10-15-14)16-21(18,19)13-7-5-12(20-3)6-8-13/h4-10,16H,1-3H3. The molecule has 112 valence electrons. The lowest BCUT2D eigenvalue weighted by atomic mass is 10.3. The summed E-state index contributed by atoms with van der Waals surface area (Å²) < 4.78 is 32.0. The van der Waals surface area contributed by atoms with E-state index in [1.54, 1.807) is 24.3 Å². The fraction of sp³-hybridized carbons (Fsp3) is 0.214. The van der Waals surface area contributed by atoms with Crippen molar-refractivity contribution in [3.8, 4) is 5.75 Å². The highest BCUT2D eigenvalue weighted by Gasteiger charge is 2.14. The first-order chi connectivity index (χ1) is 9.92. The molecule has 7 heteroatoms. The van der Waals surface area contributed by atoms with Gasteiger partial charge in [0.1, 0.15) is 11.6 Å². The minimum atomic E-state index is -3.63. The number of aromatic nitrogens is 1. The molecule has 0 saturated carbocycles. The lowest BCUT2D eigenvalue weighted by Gasteiger charge is -2.12. The third kappa shape index (κ3) is 3.63. The van der Waals surface area contributed by atoms with Crippen molar-refractivity contribution < 1.29 is 13.2 Å². The molecule has 2 rings (SSSR count). The van der Waals surface area contributed by atoms with E-state index in [9.17, 15) is 8.42 Å². The summed E-state index contributed by atoms with van der Waals surface area (Å²) in [7, 11) is 1.63. The van der Waals surface area contributed by atoms with Crippen LogP contribution >= 0.6 is 0 Å². The molecule has 0 unspecified atom stereocenters. The summed E-state index contributed by atoms with van der Waals surface area (Å²) in [5, 5.41) is 0. The Morgan fingerprint density at radius 1 is 1.10 bits per heavy atom. The van der Waals surface area contributed by atoms with Crippen LogP contribution in [0.4, 0.5) is 11.5 Å². The summed E-state index contributed by atoms with van der Waals surface area (Å²) in [5.41, 5.74) is 0.413. The van der Waals surface area contributed by atoms with Crippen LogP contribution in [0.15, 0.2) is 47.5 Å². The average molecular weight is 307 g/mol. The van der Waals surface area contributed by atoms with Gasteiger partial charge in [0.25, 0.3) is 10.0 Å². The Bertz CT molecular complexity index is 695. The smallest absolute Gasteiger partial charge is 0.261 e. The second-order valence-corrected chi connectivity index (χ2v) is 6.26. The van der Waals surface area contributed by atoms with Crippen molar-refractivity contribution in [3.63, 3.8) is 0 Å². The van der Waals surface area contributed by atoms with Crippen molar-refractivity contribution in [2.24, 2.45) is 0 Å². The third-order valence-corrected chi connectivity index (χ3v) is 4.23. The van der Waals surface area contributed by atoms with E-state index in [2.05, 4.69) is 9.71 Å². The van der Waals surface area contributed by atoms with Gasteiger partial charge in [-0.3, -0.25) is 4.72 Å². The molecule has 21 heavy (non-hydrogen) atoms. The first-order valence-corrected chi connectivity index (χ1v) is 7.71. The summed E-state index contributed by atoms with van der Waals surface area (Å²) in [4.78, 5) is 6.16. The molecule has 2 aromatic rings. The van der Waals surface area contributed by atoms with Crippen molar-refractivity contribution in [1.29, 1.82) is 0 Å². The maximum atomic E-state index is 12.2. The summed E-state index contributed by atoms with van der Waals surface area (Å²) in [6, 6.07) is 9.59. The zero-order valence-corrected chi connectivity index (χ0v) is 12.9. The number of rotatable bonds is 5. The monoisotopic (exact) mass is 307 g/mol. The third-order valence-electron chi connectivity index (χ3n) is 2.83.